The minimum Gasteiger partial charge on any atom is -0.338 e. The highest BCUT2D eigenvalue weighted by atomic mass is 16.5. The van der Waals surface area contributed by atoms with E-state index >= 15 is 0 Å². The first-order chi connectivity index (χ1) is 10.1. The smallest absolute Gasteiger partial charge is 0.240 e. The monoisotopic (exact) mass is 286 g/mol. The van der Waals surface area contributed by atoms with Gasteiger partial charge in [-0.25, -0.2) is 0 Å². The molecule has 1 aliphatic rings. The van der Waals surface area contributed by atoms with Crippen LogP contribution < -0.4 is 5.32 Å². The largest absolute Gasteiger partial charge is 0.338 e. The molecule has 0 aliphatic carbocycles. The van der Waals surface area contributed by atoms with Crippen LogP contribution in [0.3, 0.4) is 0 Å². The second kappa shape index (κ2) is 5.58. The summed E-state index contributed by atoms with van der Waals surface area (Å²) in [7, 11) is 0. The van der Waals surface area contributed by atoms with E-state index in [4.69, 9.17) is 4.52 Å². The molecule has 5 nitrogen and oxygen atoms in total. The van der Waals surface area contributed by atoms with E-state index < -0.39 is 0 Å². The van der Waals surface area contributed by atoms with Gasteiger partial charge in [-0.15, -0.1) is 0 Å². The molecule has 1 fully saturated rings. The maximum Gasteiger partial charge on any atom is 0.240 e. The van der Waals surface area contributed by atoms with Crippen LogP contribution in [0, 0.1) is 6.92 Å². The zero-order valence-electron chi connectivity index (χ0n) is 12.8. The quantitative estimate of drug-likeness (QED) is 0.936. The van der Waals surface area contributed by atoms with Gasteiger partial charge < -0.3 is 9.84 Å². The van der Waals surface area contributed by atoms with Crippen LogP contribution in [0.2, 0.25) is 0 Å². The van der Waals surface area contributed by atoms with Gasteiger partial charge in [0.15, 0.2) is 5.82 Å². The number of piperazine rings is 1. The molecule has 1 aromatic heterocycles. The molecule has 0 spiro atoms. The molecule has 3 rings (SSSR count). The molecule has 2 atom stereocenters. The van der Waals surface area contributed by atoms with Gasteiger partial charge >= 0.3 is 0 Å². The number of aromatic nitrogens is 2. The van der Waals surface area contributed by atoms with Crippen molar-refractivity contribution in [2.75, 3.05) is 13.1 Å². The van der Waals surface area contributed by atoms with Gasteiger partial charge in [-0.05, 0) is 26.3 Å². The van der Waals surface area contributed by atoms with Crippen molar-refractivity contribution >= 4 is 0 Å². The van der Waals surface area contributed by atoms with Crippen LogP contribution in [0.25, 0.3) is 0 Å². The third kappa shape index (κ3) is 2.99. The summed E-state index contributed by atoms with van der Waals surface area (Å²) in [5, 5.41) is 7.55. The SMILES string of the molecule is Cc1noc(CN2CC(C)(c3ccccc3)NCC2C)n1. The van der Waals surface area contributed by atoms with Crippen molar-refractivity contribution in [2.45, 2.75) is 38.9 Å². The molecule has 2 aromatic rings. The number of nitrogens with one attached hydrogen (secondary N) is 1. The molecule has 0 saturated carbocycles. The fraction of sp³-hybridized carbons (Fsp3) is 0.500. The zero-order valence-corrected chi connectivity index (χ0v) is 12.8. The van der Waals surface area contributed by atoms with Crippen molar-refractivity contribution < 1.29 is 4.52 Å². The van der Waals surface area contributed by atoms with Crippen LogP contribution in [0.5, 0.6) is 0 Å². The standard InChI is InChI=1S/C16H22N4O/c1-12-9-17-16(3,14-7-5-4-6-8-14)11-20(12)10-15-18-13(2)19-21-15/h4-8,12,17H,9-11H2,1-3H3. The van der Waals surface area contributed by atoms with E-state index in [0.717, 1.165) is 13.1 Å². The first-order valence-electron chi connectivity index (χ1n) is 7.41. The van der Waals surface area contributed by atoms with E-state index in [9.17, 15) is 0 Å². The summed E-state index contributed by atoms with van der Waals surface area (Å²) < 4.78 is 5.27. The van der Waals surface area contributed by atoms with Crippen molar-refractivity contribution in [3.8, 4) is 0 Å². The Morgan fingerprint density at radius 2 is 2.14 bits per heavy atom. The van der Waals surface area contributed by atoms with Crippen molar-refractivity contribution in [2.24, 2.45) is 0 Å². The van der Waals surface area contributed by atoms with Gasteiger partial charge in [0.1, 0.15) is 0 Å². The van der Waals surface area contributed by atoms with Gasteiger partial charge in [-0.3, -0.25) is 4.90 Å². The first-order valence-corrected chi connectivity index (χ1v) is 7.41. The molecule has 0 amide bonds. The van der Waals surface area contributed by atoms with E-state index in [1.54, 1.807) is 0 Å². The van der Waals surface area contributed by atoms with Gasteiger partial charge in [0, 0.05) is 19.1 Å². The highest BCUT2D eigenvalue weighted by Gasteiger charge is 2.35. The van der Waals surface area contributed by atoms with Crippen LogP contribution in [0.1, 0.15) is 31.1 Å². The van der Waals surface area contributed by atoms with Crippen molar-refractivity contribution in [1.29, 1.82) is 0 Å². The molecule has 1 aromatic carbocycles. The third-order valence-electron chi connectivity index (χ3n) is 4.25. The lowest BCUT2D eigenvalue weighted by atomic mass is 9.88. The Kier molecular flexibility index (Phi) is 3.78. The molecular weight excluding hydrogens is 264 g/mol. The number of aryl methyl sites for hydroxylation is 1. The fourth-order valence-corrected chi connectivity index (χ4v) is 2.91. The Labute approximate surface area is 125 Å². The first kappa shape index (κ1) is 14.2. The molecule has 112 valence electrons. The lowest BCUT2D eigenvalue weighted by Gasteiger charge is -2.45. The minimum absolute atomic E-state index is 0.0527. The maximum atomic E-state index is 5.27. The molecule has 1 aliphatic heterocycles. The maximum absolute atomic E-state index is 5.27. The van der Waals surface area contributed by atoms with Crippen molar-refractivity contribution in [3.63, 3.8) is 0 Å². The predicted molar refractivity (Wildman–Crippen MR) is 80.7 cm³/mol. The molecule has 0 bridgehead atoms. The molecule has 2 heterocycles. The Morgan fingerprint density at radius 1 is 1.38 bits per heavy atom. The van der Waals surface area contributed by atoms with E-state index in [1.165, 1.54) is 5.56 Å². The summed E-state index contributed by atoms with van der Waals surface area (Å²) in [5.74, 6) is 1.38. The lowest BCUT2D eigenvalue weighted by Crippen LogP contribution is -2.59. The van der Waals surface area contributed by atoms with E-state index in [-0.39, 0.29) is 5.54 Å². The lowest BCUT2D eigenvalue weighted by molar-refractivity contribution is 0.0775. The van der Waals surface area contributed by atoms with Crippen molar-refractivity contribution in [1.82, 2.24) is 20.4 Å². The number of hydrogen-bond donors (Lipinski definition) is 1. The molecule has 1 saturated heterocycles. The van der Waals surface area contributed by atoms with Crippen LogP contribution >= 0.6 is 0 Å². The topological polar surface area (TPSA) is 54.2 Å². The summed E-state index contributed by atoms with van der Waals surface area (Å²) in [6, 6.07) is 11.0. The average Bonchev–Trinajstić information content (AvgIpc) is 2.89. The second-order valence-electron chi connectivity index (χ2n) is 6.07. The summed E-state index contributed by atoms with van der Waals surface area (Å²) in [4.78, 5) is 6.72. The Hall–Kier alpha value is -1.72. The molecule has 1 N–H and O–H groups in total. The summed E-state index contributed by atoms with van der Waals surface area (Å²) in [6.07, 6.45) is 0. The fourth-order valence-electron chi connectivity index (χ4n) is 2.91. The summed E-state index contributed by atoms with van der Waals surface area (Å²) in [6.45, 7) is 8.88. The third-order valence-corrected chi connectivity index (χ3v) is 4.25. The molecule has 2 unspecified atom stereocenters. The minimum atomic E-state index is -0.0527. The van der Waals surface area contributed by atoms with Crippen LogP contribution in [0.15, 0.2) is 34.9 Å². The molecular formula is C16H22N4O. The van der Waals surface area contributed by atoms with E-state index in [1.807, 2.05) is 6.92 Å². The molecule has 21 heavy (non-hydrogen) atoms. The molecule has 0 radical (unpaired) electrons. The zero-order chi connectivity index (χ0) is 14.9. The highest BCUT2D eigenvalue weighted by molar-refractivity contribution is 5.25. The number of benzene rings is 1. The van der Waals surface area contributed by atoms with Crippen LogP contribution in [-0.2, 0) is 12.1 Å². The van der Waals surface area contributed by atoms with Gasteiger partial charge in [0.25, 0.3) is 0 Å². The van der Waals surface area contributed by atoms with Gasteiger partial charge in [-0.2, -0.15) is 4.98 Å². The van der Waals surface area contributed by atoms with Gasteiger partial charge in [0.05, 0.1) is 12.1 Å². The van der Waals surface area contributed by atoms with E-state index in [2.05, 4.69) is 64.5 Å². The average molecular weight is 286 g/mol. The Balaban J connectivity index is 1.78. The number of rotatable bonds is 3. The van der Waals surface area contributed by atoms with Gasteiger partial charge in [0.2, 0.25) is 5.89 Å². The van der Waals surface area contributed by atoms with Crippen molar-refractivity contribution in [3.05, 3.63) is 47.6 Å². The summed E-state index contributed by atoms with van der Waals surface area (Å²) in [5.41, 5.74) is 1.26. The number of nitrogens with zero attached hydrogens (tertiary/aromatic N) is 3. The highest BCUT2D eigenvalue weighted by Crippen LogP contribution is 2.27. The summed E-state index contributed by atoms with van der Waals surface area (Å²) >= 11 is 0. The second-order valence-corrected chi connectivity index (χ2v) is 6.07. The van der Waals surface area contributed by atoms with Crippen LogP contribution in [-0.4, -0.2) is 34.2 Å². The van der Waals surface area contributed by atoms with Crippen LogP contribution in [0.4, 0.5) is 0 Å². The number of hydrogen-bond acceptors (Lipinski definition) is 5. The normalized spacial score (nSPS) is 26.9. The molecule has 5 heteroatoms. The van der Waals surface area contributed by atoms with E-state index in [0.29, 0.717) is 24.3 Å². The Morgan fingerprint density at radius 3 is 2.81 bits per heavy atom. The van der Waals surface area contributed by atoms with Gasteiger partial charge in [-0.1, -0.05) is 35.5 Å². The predicted octanol–water partition coefficient (Wildman–Crippen LogP) is 2.09. The Bertz CT molecular complexity index is 597.